The van der Waals surface area contributed by atoms with Crippen molar-refractivity contribution in [2.24, 2.45) is 4.99 Å². The Morgan fingerprint density at radius 1 is 1.37 bits per heavy atom. The minimum Gasteiger partial charge on any atom is -0.359 e. The number of halogens is 1. The van der Waals surface area contributed by atoms with Gasteiger partial charge in [0.1, 0.15) is 0 Å². The van der Waals surface area contributed by atoms with Crippen LogP contribution in [0.1, 0.15) is 12.5 Å². The van der Waals surface area contributed by atoms with Crippen LogP contribution in [0, 0.1) is 0 Å². The molecule has 19 heavy (non-hydrogen) atoms. The van der Waals surface area contributed by atoms with Gasteiger partial charge in [-0.1, -0.05) is 19.1 Å². The van der Waals surface area contributed by atoms with Gasteiger partial charge in [-0.05, 0) is 24.1 Å². The van der Waals surface area contributed by atoms with Crippen molar-refractivity contribution in [1.29, 1.82) is 0 Å². The number of aryl methyl sites for hydroxylation is 1. The minimum absolute atomic E-state index is 0. The summed E-state index contributed by atoms with van der Waals surface area (Å²) in [6.07, 6.45) is 0.953. The van der Waals surface area contributed by atoms with Gasteiger partial charge >= 0.3 is 0 Å². The molecule has 0 atom stereocenters. The number of anilines is 1. The normalized spacial score (nSPS) is 10.4. The van der Waals surface area contributed by atoms with Gasteiger partial charge in [-0.25, -0.2) is 0 Å². The second-order valence-corrected chi connectivity index (χ2v) is 3.78. The van der Waals surface area contributed by atoms with E-state index in [1.54, 1.807) is 14.1 Å². The molecular weight excluding hydrogens is 355 g/mol. The zero-order valence-corrected chi connectivity index (χ0v) is 13.8. The van der Waals surface area contributed by atoms with Gasteiger partial charge in [-0.3, -0.25) is 9.79 Å². The fourth-order valence-electron chi connectivity index (χ4n) is 1.52. The van der Waals surface area contributed by atoms with Gasteiger partial charge in [0.15, 0.2) is 5.96 Å². The number of nitrogens with one attached hydrogen (secondary N) is 3. The molecule has 0 aliphatic carbocycles. The summed E-state index contributed by atoms with van der Waals surface area (Å²) in [5, 5.41) is 8.58. The highest BCUT2D eigenvalue weighted by Gasteiger charge is 2.03. The Morgan fingerprint density at radius 2 is 2.11 bits per heavy atom. The number of carbonyl (C=O) groups excluding carboxylic acids is 1. The van der Waals surface area contributed by atoms with E-state index in [2.05, 4.69) is 27.9 Å². The molecule has 0 bridgehead atoms. The van der Waals surface area contributed by atoms with Crippen LogP contribution in [-0.4, -0.2) is 32.5 Å². The van der Waals surface area contributed by atoms with Crippen molar-refractivity contribution in [2.75, 3.05) is 26.0 Å². The molecule has 1 aromatic rings. The summed E-state index contributed by atoms with van der Waals surface area (Å²) in [6, 6.07) is 7.83. The maximum absolute atomic E-state index is 11.7. The third-order valence-electron chi connectivity index (χ3n) is 2.50. The molecule has 0 aliphatic heterocycles. The van der Waals surface area contributed by atoms with Crippen LogP contribution in [0.2, 0.25) is 0 Å². The fraction of sp³-hybridized carbons (Fsp3) is 0.385. The molecular formula is C13H21IN4O. The second kappa shape index (κ2) is 9.60. The quantitative estimate of drug-likeness (QED) is 0.425. The van der Waals surface area contributed by atoms with Crippen molar-refractivity contribution in [3.63, 3.8) is 0 Å². The summed E-state index contributed by atoms with van der Waals surface area (Å²) in [4.78, 5) is 15.6. The van der Waals surface area contributed by atoms with Gasteiger partial charge < -0.3 is 16.0 Å². The zero-order chi connectivity index (χ0) is 13.4. The monoisotopic (exact) mass is 376 g/mol. The van der Waals surface area contributed by atoms with Crippen molar-refractivity contribution in [2.45, 2.75) is 13.3 Å². The SMILES string of the molecule is CCc1cccc(NC(=O)CNC(=NC)NC)c1.I. The molecule has 1 aromatic carbocycles. The molecule has 106 valence electrons. The molecule has 1 rings (SSSR count). The van der Waals surface area contributed by atoms with Gasteiger partial charge in [0.05, 0.1) is 6.54 Å². The number of amides is 1. The lowest BCUT2D eigenvalue weighted by Gasteiger charge is -2.09. The molecule has 0 radical (unpaired) electrons. The molecule has 0 aromatic heterocycles. The number of benzene rings is 1. The predicted octanol–water partition coefficient (Wildman–Crippen LogP) is 1.60. The van der Waals surface area contributed by atoms with Crippen molar-refractivity contribution in [3.8, 4) is 0 Å². The highest BCUT2D eigenvalue weighted by Crippen LogP contribution is 2.10. The van der Waals surface area contributed by atoms with Crippen LogP contribution >= 0.6 is 24.0 Å². The smallest absolute Gasteiger partial charge is 0.243 e. The van der Waals surface area contributed by atoms with Gasteiger partial charge in [-0.2, -0.15) is 0 Å². The first-order chi connectivity index (χ1) is 8.69. The summed E-state index contributed by atoms with van der Waals surface area (Å²) < 4.78 is 0. The van der Waals surface area contributed by atoms with E-state index in [4.69, 9.17) is 0 Å². The number of rotatable bonds is 4. The lowest BCUT2D eigenvalue weighted by Crippen LogP contribution is -2.39. The third-order valence-corrected chi connectivity index (χ3v) is 2.50. The van der Waals surface area contributed by atoms with Crippen molar-refractivity contribution < 1.29 is 4.79 Å². The van der Waals surface area contributed by atoms with Crippen LogP contribution in [0.4, 0.5) is 5.69 Å². The minimum atomic E-state index is -0.0975. The summed E-state index contributed by atoms with van der Waals surface area (Å²) in [7, 11) is 3.40. The van der Waals surface area contributed by atoms with E-state index in [1.165, 1.54) is 5.56 Å². The Bertz CT molecular complexity index is 434. The van der Waals surface area contributed by atoms with Gasteiger partial charge in [0, 0.05) is 19.8 Å². The average Bonchev–Trinajstić information content (AvgIpc) is 2.40. The molecule has 0 heterocycles. The van der Waals surface area contributed by atoms with Crippen LogP contribution < -0.4 is 16.0 Å². The van der Waals surface area contributed by atoms with Gasteiger partial charge in [0.25, 0.3) is 0 Å². The lowest BCUT2D eigenvalue weighted by atomic mass is 10.1. The van der Waals surface area contributed by atoms with E-state index in [-0.39, 0.29) is 36.4 Å². The fourth-order valence-corrected chi connectivity index (χ4v) is 1.52. The summed E-state index contributed by atoms with van der Waals surface area (Å²) in [5.74, 6) is 0.493. The Balaban J connectivity index is 0.00000324. The van der Waals surface area contributed by atoms with Crippen LogP contribution in [0.25, 0.3) is 0 Å². The number of hydrogen-bond donors (Lipinski definition) is 3. The topological polar surface area (TPSA) is 65.5 Å². The number of carbonyl (C=O) groups is 1. The molecule has 0 aliphatic rings. The summed E-state index contributed by atoms with van der Waals surface area (Å²) in [6.45, 7) is 2.27. The molecule has 5 nitrogen and oxygen atoms in total. The number of aliphatic imine (C=N–C) groups is 1. The Kier molecular flexibility index (Phi) is 8.94. The molecule has 0 unspecified atom stereocenters. The van der Waals surface area contributed by atoms with E-state index in [9.17, 15) is 4.79 Å². The average molecular weight is 376 g/mol. The number of guanidine groups is 1. The zero-order valence-electron chi connectivity index (χ0n) is 11.5. The summed E-state index contributed by atoms with van der Waals surface area (Å²) >= 11 is 0. The standard InChI is InChI=1S/C13H20N4O.HI/c1-4-10-6-5-7-11(8-10)17-12(18)9-16-13(14-2)15-3;/h5-8H,4,9H2,1-3H3,(H,17,18)(H2,14,15,16);1H. The second-order valence-electron chi connectivity index (χ2n) is 3.78. The Labute approximate surface area is 131 Å². The maximum Gasteiger partial charge on any atom is 0.243 e. The molecule has 0 fully saturated rings. The van der Waals surface area contributed by atoms with Crippen molar-refractivity contribution in [3.05, 3.63) is 29.8 Å². The first kappa shape index (κ1) is 17.7. The predicted molar refractivity (Wildman–Crippen MR) is 90.3 cm³/mol. The third kappa shape index (κ3) is 6.42. The molecule has 0 saturated carbocycles. The van der Waals surface area contributed by atoms with Crippen molar-refractivity contribution >= 4 is 41.5 Å². The van der Waals surface area contributed by atoms with Gasteiger partial charge in [0.2, 0.25) is 5.91 Å². The first-order valence-electron chi connectivity index (χ1n) is 5.96. The van der Waals surface area contributed by atoms with Crippen LogP contribution in [0.15, 0.2) is 29.3 Å². The maximum atomic E-state index is 11.7. The van der Waals surface area contributed by atoms with Crippen LogP contribution in [0.3, 0.4) is 0 Å². The van der Waals surface area contributed by atoms with E-state index < -0.39 is 0 Å². The highest BCUT2D eigenvalue weighted by molar-refractivity contribution is 14.0. The molecule has 6 heteroatoms. The largest absolute Gasteiger partial charge is 0.359 e. The molecule has 3 N–H and O–H groups in total. The van der Waals surface area contributed by atoms with E-state index in [0.29, 0.717) is 5.96 Å². The lowest BCUT2D eigenvalue weighted by molar-refractivity contribution is -0.115. The molecule has 0 spiro atoms. The number of hydrogen-bond acceptors (Lipinski definition) is 2. The molecule has 0 saturated heterocycles. The van der Waals surface area contributed by atoms with Crippen LogP contribution in [-0.2, 0) is 11.2 Å². The van der Waals surface area contributed by atoms with E-state index in [0.717, 1.165) is 12.1 Å². The van der Waals surface area contributed by atoms with Crippen LogP contribution in [0.5, 0.6) is 0 Å². The Morgan fingerprint density at radius 3 is 2.68 bits per heavy atom. The highest BCUT2D eigenvalue weighted by atomic mass is 127. The molecule has 1 amide bonds. The Hall–Kier alpha value is -1.31. The first-order valence-corrected chi connectivity index (χ1v) is 5.96. The van der Waals surface area contributed by atoms with E-state index in [1.807, 2.05) is 24.3 Å². The van der Waals surface area contributed by atoms with E-state index >= 15 is 0 Å². The van der Waals surface area contributed by atoms with Crippen molar-refractivity contribution in [1.82, 2.24) is 10.6 Å². The number of nitrogens with zero attached hydrogens (tertiary/aromatic N) is 1. The summed E-state index contributed by atoms with van der Waals surface area (Å²) in [5.41, 5.74) is 2.02. The van der Waals surface area contributed by atoms with Gasteiger partial charge in [-0.15, -0.1) is 24.0 Å².